The Bertz CT molecular complexity index is 863. The van der Waals surface area contributed by atoms with Crippen molar-refractivity contribution in [1.82, 2.24) is 4.31 Å². The summed E-state index contributed by atoms with van der Waals surface area (Å²) in [6.45, 7) is 6.08. The molecule has 0 saturated carbocycles. The summed E-state index contributed by atoms with van der Waals surface area (Å²) < 4.78 is 38.0. The summed E-state index contributed by atoms with van der Waals surface area (Å²) in [4.78, 5) is 1.37. The minimum Gasteiger partial charge on any atom is -0.493 e. The number of hydrogen-bond donors (Lipinski definition) is 1. The Hall–Kier alpha value is -2.09. The number of hydrogen-bond acceptors (Lipinski definition) is 4. The first-order valence-corrected chi connectivity index (χ1v) is 11.3. The topological polar surface area (TPSA) is 60.3 Å². The van der Waals surface area contributed by atoms with Crippen LogP contribution < -0.4 is 14.4 Å². The van der Waals surface area contributed by atoms with Crippen molar-refractivity contribution in [3.8, 4) is 11.5 Å². The molecule has 0 spiro atoms. The molecule has 0 radical (unpaired) electrons. The maximum absolute atomic E-state index is 12.7. The van der Waals surface area contributed by atoms with Gasteiger partial charge in [0.25, 0.3) is 0 Å². The van der Waals surface area contributed by atoms with Crippen molar-refractivity contribution in [2.75, 3.05) is 39.9 Å². The predicted molar refractivity (Wildman–Crippen MR) is 109 cm³/mol. The van der Waals surface area contributed by atoms with Gasteiger partial charge in [0, 0.05) is 5.56 Å². The van der Waals surface area contributed by atoms with Crippen LogP contribution >= 0.6 is 0 Å². The van der Waals surface area contributed by atoms with Crippen molar-refractivity contribution in [1.29, 1.82) is 0 Å². The van der Waals surface area contributed by atoms with E-state index in [0.717, 1.165) is 36.7 Å². The minimum atomic E-state index is -3.27. The van der Waals surface area contributed by atoms with E-state index in [4.69, 9.17) is 9.47 Å². The number of nitrogens with one attached hydrogen (secondary N) is 1. The van der Waals surface area contributed by atoms with Crippen LogP contribution in [-0.2, 0) is 22.3 Å². The van der Waals surface area contributed by atoms with E-state index in [0.29, 0.717) is 19.7 Å². The fourth-order valence-electron chi connectivity index (χ4n) is 3.52. The summed E-state index contributed by atoms with van der Waals surface area (Å²) in [5.41, 5.74) is 2.00. The third-order valence-corrected chi connectivity index (χ3v) is 6.85. The van der Waals surface area contributed by atoms with Gasteiger partial charge in [-0.25, -0.2) is 8.42 Å². The number of methoxy groups -OCH3 is 1. The van der Waals surface area contributed by atoms with Gasteiger partial charge >= 0.3 is 0 Å². The lowest BCUT2D eigenvalue weighted by molar-refractivity contribution is -0.917. The molecular weight excluding hydrogens is 376 g/mol. The van der Waals surface area contributed by atoms with E-state index in [9.17, 15) is 8.42 Å². The number of piperazine rings is 1. The molecule has 1 aliphatic heterocycles. The average Bonchev–Trinajstić information content (AvgIpc) is 2.69. The Kier molecular flexibility index (Phi) is 6.93. The number of rotatable bonds is 8. The number of benzene rings is 2. The Morgan fingerprint density at radius 3 is 2.36 bits per heavy atom. The highest BCUT2D eigenvalue weighted by atomic mass is 32.2. The molecule has 1 fully saturated rings. The number of sulfonamides is 1. The Morgan fingerprint density at radius 1 is 1.00 bits per heavy atom. The van der Waals surface area contributed by atoms with Crippen LogP contribution in [0.3, 0.4) is 0 Å². The molecule has 1 heterocycles. The first kappa shape index (κ1) is 20.6. The quantitative estimate of drug-likeness (QED) is 0.720. The zero-order valence-electron chi connectivity index (χ0n) is 16.6. The van der Waals surface area contributed by atoms with Crippen LogP contribution in [0.15, 0.2) is 48.5 Å². The maximum atomic E-state index is 12.7. The van der Waals surface area contributed by atoms with Gasteiger partial charge < -0.3 is 14.4 Å². The molecule has 3 rings (SSSR count). The van der Waals surface area contributed by atoms with E-state index in [1.807, 2.05) is 55.5 Å². The molecule has 1 N–H and O–H groups in total. The molecule has 0 aliphatic carbocycles. The molecule has 0 aromatic heterocycles. The average molecular weight is 406 g/mol. The second kappa shape index (κ2) is 9.41. The SMILES string of the molecule is CCOc1cc(C[NH+]2CCN(S(=O)(=O)Cc3ccccc3)CC2)ccc1OC. The van der Waals surface area contributed by atoms with E-state index >= 15 is 0 Å². The van der Waals surface area contributed by atoms with Crippen molar-refractivity contribution in [3.05, 3.63) is 59.7 Å². The predicted octanol–water partition coefficient (Wildman–Crippen LogP) is 1.32. The first-order chi connectivity index (χ1) is 13.5. The second-order valence-corrected chi connectivity index (χ2v) is 8.95. The highest BCUT2D eigenvalue weighted by Crippen LogP contribution is 2.27. The summed E-state index contributed by atoms with van der Waals surface area (Å²) >= 11 is 0. The first-order valence-electron chi connectivity index (χ1n) is 9.67. The Labute approximate surface area is 167 Å². The molecule has 28 heavy (non-hydrogen) atoms. The highest BCUT2D eigenvalue weighted by molar-refractivity contribution is 7.88. The lowest BCUT2D eigenvalue weighted by Crippen LogP contribution is -3.13. The van der Waals surface area contributed by atoms with Crippen LogP contribution in [0.2, 0.25) is 0 Å². The van der Waals surface area contributed by atoms with Crippen molar-refractivity contribution in [2.45, 2.75) is 19.2 Å². The molecule has 0 amide bonds. The lowest BCUT2D eigenvalue weighted by atomic mass is 10.1. The third kappa shape index (κ3) is 5.25. The van der Waals surface area contributed by atoms with E-state index in [-0.39, 0.29) is 5.75 Å². The lowest BCUT2D eigenvalue weighted by Gasteiger charge is -2.31. The fourth-order valence-corrected chi connectivity index (χ4v) is 5.06. The zero-order chi connectivity index (χ0) is 20.0. The van der Waals surface area contributed by atoms with Gasteiger partial charge in [-0.05, 0) is 30.7 Å². The second-order valence-electron chi connectivity index (χ2n) is 6.99. The normalized spacial score (nSPS) is 16.1. The fraction of sp³-hybridized carbons (Fsp3) is 0.429. The van der Waals surface area contributed by atoms with E-state index in [1.165, 1.54) is 10.5 Å². The summed E-state index contributed by atoms with van der Waals surface area (Å²) in [7, 11) is -1.64. The van der Waals surface area contributed by atoms with Crippen molar-refractivity contribution < 1.29 is 22.8 Å². The maximum Gasteiger partial charge on any atom is 0.218 e. The molecular formula is C21H29N2O4S+. The van der Waals surface area contributed by atoms with Crippen molar-refractivity contribution in [2.24, 2.45) is 0 Å². The number of nitrogens with zero attached hydrogens (tertiary/aromatic N) is 1. The van der Waals surface area contributed by atoms with Gasteiger partial charge in [-0.15, -0.1) is 0 Å². The smallest absolute Gasteiger partial charge is 0.218 e. The van der Waals surface area contributed by atoms with E-state index in [2.05, 4.69) is 0 Å². The van der Waals surface area contributed by atoms with Gasteiger partial charge in [0.1, 0.15) is 6.54 Å². The molecule has 152 valence electrons. The standard InChI is InChI=1S/C21H28N2O4S/c1-3-27-21-15-19(9-10-20(21)26-2)16-22-11-13-23(14-12-22)28(24,25)17-18-7-5-4-6-8-18/h4-10,15H,3,11-14,16-17H2,1-2H3/p+1. The monoisotopic (exact) mass is 405 g/mol. The Balaban J connectivity index is 1.57. The van der Waals surface area contributed by atoms with Crippen LogP contribution in [0.1, 0.15) is 18.1 Å². The number of quaternary nitrogens is 1. The van der Waals surface area contributed by atoms with Gasteiger partial charge in [-0.2, -0.15) is 4.31 Å². The summed E-state index contributed by atoms with van der Waals surface area (Å²) in [5.74, 6) is 1.56. The summed E-state index contributed by atoms with van der Waals surface area (Å²) in [6, 6.07) is 15.4. The zero-order valence-corrected chi connectivity index (χ0v) is 17.4. The molecule has 0 atom stereocenters. The molecule has 0 bridgehead atoms. The van der Waals surface area contributed by atoms with Crippen LogP contribution in [0.25, 0.3) is 0 Å². The van der Waals surface area contributed by atoms with Crippen LogP contribution in [0.4, 0.5) is 0 Å². The molecule has 7 heteroatoms. The summed E-state index contributed by atoms with van der Waals surface area (Å²) in [6.07, 6.45) is 0. The van der Waals surface area contributed by atoms with Crippen molar-refractivity contribution >= 4 is 10.0 Å². The van der Waals surface area contributed by atoms with Gasteiger partial charge in [0.15, 0.2) is 11.5 Å². The molecule has 1 aliphatic rings. The van der Waals surface area contributed by atoms with Crippen LogP contribution in [0.5, 0.6) is 11.5 Å². The molecule has 0 unspecified atom stereocenters. The van der Waals surface area contributed by atoms with Gasteiger partial charge in [-0.1, -0.05) is 30.3 Å². The van der Waals surface area contributed by atoms with Gasteiger partial charge in [0.2, 0.25) is 10.0 Å². The van der Waals surface area contributed by atoms with Crippen LogP contribution in [-0.4, -0.2) is 52.6 Å². The third-order valence-electron chi connectivity index (χ3n) is 5.00. The van der Waals surface area contributed by atoms with E-state index < -0.39 is 10.0 Å². The Morgan fingerprint density at radius 2 is 1.71 bits per heavy atom. The van der Waals surface area contributed by atoms with Gasteiger partial charge in [-0.3, -0.25) is 0 Å². The molecule has 1 saturated heterocycles. The highest BCUT2D eigenvalue weighted by Gasteiger charge is 2.29. The molecule has 6 nitrogen and oxygen atoms in total. The molecule has 2 aromatic rings. The minimum absolute atomic E-state index is 0.0688. The molecule has 2 aromatic carbocycles. The number of ether oxygens (including phenoxy) is 2. The largest absolute Gasteiger partial charge is 0.493 e. The van der Waals surface area contributed by atoms with Crippen LogP contribution in [0, 0.1) is 0 Å². The van der Waals surface area contributed by atoms with E-state index in [1.54, 1.807) is 11.4 Å². The van der Waals surface area contributed by atoms with Crippen molar-refractivity contribution in [3.63, 3.8) is 0 Å². The summed E-state index contributed by atoms with van der Waals surface area (Å²) in [5, 5.41) is 0. The van der Waals surface area contributed by atoms with Gasteiger partial charge in [0.05, 0.1) is 45.6 Å².